The molecule has 2 rings (SSSR count). The first-order valence-corrected chi connectivity index (χ1v) is 7.54. The monoisotopic (exact) mass is 324 g/mol. The van der Waals surface area contributed by atoms with Crippen molar-refractivity contribution >= 4 is 27.3 Å². The van der Waals surface area contributed by atoms with Crippen molar-refractivity contribution < 1.29 is 0 Å². The van der Waals surface area contributed by atoms with Crippen molar-refractivity contribution in [1.29, 1.82) is 0 Å². The van der Waals surface area contributed by atoms with E-state index < -0.39 is 0 Å². The first-order chi connectivity index (χ1) is 8.65. The smallest absolute Gasteiger partial charge is 0.0519 e. The number of nitrogens with zero attached hydrogens (tertiary/aromatic N) is 1. The minimum absolute atomic E-state index is 0.0992. The standard InChI is InChI=1S/C14H17BrN2S/c1-17(9-11-4-2-5-12(15)8-11)10-13(16)14-6-3-7-18-14/h2-8,13H,9-10,16H2,1H3. The predicted octanol–water partition coefficient (Wildman–Crippen LogP) is 3.64. The first-order valence-electron chi connectivity index (χ1n) is 5.87. The van der Waals surface area contributed by atoms with Gasteiger partial charge in [0.05, 0.1) is 6.04 Å². The van der Waals surface area contributed by atoms with Gasteiger partial charge in [-0.3, -0.25) is 0 Å². The van der Waals surface area contributed by atoms with Crippen LogP contribution in [0.3, 0.4) is 0 Å². The molecule has 0 fully saturated rings. The topological polar surface area (TPSA) is 29.3 Å². The maximum atomic E-state index is 6.18. The number of benzene rings is 1. The number of hydrogen-bond donors (Lipinski definition) is 1. The van der Waals surface area contributed by atoms with Crippen LogP contribution >= 0.6 is 27.3 Å². The van der Waals surface area contributed by atoms with E-state index in [2.05, 4.69) is 57.5 Å². The summed E-state index contributed by atoms with van der Waals surface area (Å²) in [7, 11) is 2.11. The van der Waals surface area contributed by atoms with Crippen LogP contribution < -0.4 is 5.73 Å². The highest BCUT2D eigenvalue weighted by Gasteiger charge is 2.10. The number of thiophene rings is 1. The number of hydrogen-bond acceptors (Lipinski definition) is 3. The summed E-state index contributed by atoms with van der Waals surface area (Å²) in [5.41, 5.74) is 7.48. The highest BCUT2D eigenvalue weighted by Crippen LogP contribution is 2.18. The summed E-state index contributed by atoms with van der Waals surface area (Å²) in [6.07, 6.45) is 0. The van der Waals surface area contributed by atoms with E-state index in [1.165, 1.54) is 10.4 Å². The third-order valence-corrected chi connectivity index (χ3v) is 4.26. The van der Waals surface area contributed by atoms with Crippen LogP contribution in [0.4, 0.5) is 0 Å². The molecular formula is C14H17BrN2S. The Bertz CT molecular complexity index is 484. The lowest BCUT2D eigenvalue weighted by Crippen LogP contribution is -2.28. The lowest BCUT2D eigenvalue weighted by atomic mass is 10.2. The molecular weight excluding hydrogens is 308 g/mol. The Morgan fingerprint density at radius 1 is 1.33 bits per heavy atom. The zero-order valence-electron chi connectivity index (χ0n) is 10.3. The van der Waals surface area contributed by atoms with Crippen LogP contribution in [-0.4, -0.2) is 18.5 Å². The van der Waals surface area contributed by atoms with Gasteiger partial charge in [-0.05, 0) is 36.2 Å². The molecule has 0 radical (unpaired) electrons. The van der Waals surface area contributed by atoms with Gasteiger partial charge in [-0.2, -0.15) is 0 Å². The maximum Gasteiger partial charge on any atom is 0.0519 e. The fourth-order valence-corrected chi connectivity index (χ4v) is 3.11. The third-order valence-electron chi connectivity index (χ3n) is 2.76. The van der Waals surface area contributed by atoms with Gasteiger partial charge in [-0.1, -0.05) is 34.1 Å². The van der Waals surface area contributed by atoms with Gasteiger partial charge in [0.15, 0.2) is 0 Å². The quantitative estimate of drug-likeness (QED) is 0.909. The molecule has 1 aromatic carbocycles. The maximum absolute atomic E-state index is 6.18. The summed E-state index contributed by atoms with van der Waals surface area (Å²) in [6.45, 7) is 1.78. The van der Waals surface area contributed by atoms with Gasteiger partial charge >= 0.3 is 0 Å². The van der Waals surface area contributed by atoms with E-state index in [1.807, 2.05) is 12.1 Å². The average Bonchev–Trinajstić information content (AvgIpc) is 2.81. The molecule has 0 amide bonds. The lowest BCUT2D eigenvalue weighted by molar-refractivity contribution is 0.306. The normalized spacial score (nSPS) is 12.9. The van der Waals surface area contributed by atoms with Crippen molar-refractivity contribution in [3.8, 4) is 0 Å². The molecule has 0 saturated heterocycles. The second-order valence-electron chi connectivity index (χ2n) is 4.45. The van der Waals surface area contributed by atoms with Crippen LogP contribution in [0.15, 0.2) is 46.3 Å². The minimum atomic E-state index is 0.0992. The molecule has 1 unspecified atom stereocenters. The van der Waals surface area contributed by atoms with Crippen LogP contribution in [0.2, 0.25) is 0 Å². The molecule has 0 aliphatic rings. The number of nitrogens with two attached hydrogens (primary N) is 1. The fraction of sp³-hybridized carbons (Fsp3) is 0.286. The molecule has 2 nitrogen and oxygen atoms in total. The van der Waals surface area contributed by atoms with E-state index in [4.69, 9.17) is 5.73 Å². The van der Waals surface area contributed by atoms with Gasteiger partial charge in [0.1, 0.15) is 0 Å². The predicted molar refractivity (Wildman–Crippen MR) is 81.7 cm³/mol. The van der Waals surface area contributed by atoms with Crippen molar-refractivity contribution in [1.82, 2.24) is 4.90 Å². The molecule has 2 N–H and O–H groups in total. The zero-order chi connectivity index (χ0) is 13.0. The second kappa shape index (κ2) is 6.48. The third kappa shape index (κ3) is 3.92. The summed E-state index contributed by atoms with van der Waals surface area (Å²) < 4.78 is 1.12. The molecule has 0 aliphatic carbocycles. The van der Waals surface area contributed by atoms with Gasteiger partial charge in [0.25, 0.3) is 0 Å². The molecule has 0 saturated carbocycles. The average molecular weight is 325 g/mol. The SMILES string of the molecule is CN(Cc1cccc(Br)c1)CC(N)c1cccs1. The molecule has 4 heteroatoms. The molecule has 1 heterocycles. The molecule has 0 aliphatic heterocycles. The largest absolute Gasteiger partial charge is 0.322 e. The Balaban J connectivity index is 1.91. The zero-order valence-corrected chi connectivity index (χ0v) is 12.7. The van der Waals surface area contributed by atoms with Crippen LogP contribution in [-0.2, 0) is 6.54 Å². The van der Waals surface area contributed by atoms with Crippen molar-refractivity contribution in [3.05, 3.63) is 56.7 Å². The second-order valence-corrected chi connectivity index (χ2v) is 6.34. The van der Waals surface area contributed by atoms with E-state index in [0.717, 1.165) is 17.6 Å². The van der Waals surface area contributed by atoms with E-state index >= 15 is 0 Å². The highest BCUT2D eigenvalue weighted by molar-refractivity contribution is 9.10. The molecule has 0 bridgehead atoms. The highest BCUT2D eigenvalue weighted by atomic mass is 79.9. The molecule has 96 valence electrons. The molecule has 1 atom stereocenters. The Morgan fingerprint density at radius 2 is 2.17 bits per heavy atom. The van der Waals surface area contributed by atoms with Crippen molar-refractivity contribution in [2.75, 3.05) is 13.6 Å². The Hall–Kier alpha value is -0.680. The Kier molecular flexibility index (Phi) is 4.95. The summed E-state index contributed by atoms with van der Waals surface area (Å²) in [4.78, 5) is 3.50. The van der Waals surface area contributed by atoms with Crippen molar-refractivity contribution in [3.63, 3.8) is 0 Å². The van der Waals surface area contributed by atoms with Crippen LogP contribution in [0.25, 0.3) is 0 Å². The van der Waals surface area contributed by atoms with E-state index in [1.54, 1.807) is 11.3 Å². The first kappa shape index (κ1) is 13.7. The van der Waals surface area contributed by atoms with Crippen molar-refractivity contribution in [2.24, 2.45) is 5.73 Å². The molecule has 0 spiro atoms. The Labute approximate surface area is 121 Å². The summed E-state index contributed by atoms with van der Waals surface area (Å²) >= 11 is 5.22. The van der Waals surface area contributed by atoms with Gasteiger partial charge in [-0.15, -0.1) is 11.3 Å². The molecule has 2 aromatic rings. The molecule has 18 heavy (non-hydrogen) atoms. The molecule has 1 aromatic heterocycles. The fourth-order valence-electron chi connectivity index (χ4n) is 1.94. The summed E-state index contributed by atoms with van der Waals surface area (Å²) in [5.74, 6) is 0. The van der Waals surface area contributed by atoms with Crippen molar-refractivity contribution in [2.45, 2.75) is 12.6 Å². The van der Waals surface area contributed by atoms with Gasteiger partial charge in [0, 0.05) is 22.4 Å². The number of halogens is 1. The summed E-state index contributed by atoms with van der Waals surface area (Å²) in [5, 5.41) is 2.07. The Morgan fingerprint density at radius 3 is 2.83 bits per heavy atom. The minimum Gasteiger partial charge on any atom is -0.322 e. The van der Waals surface area contributed by atoms with Gasteiger partial charge in [-0.25, -0.2) is 0 Å². The number of rotatable bonds is 5. The van der Waals surface area contributed by atoms with Crippen LogP contribution in [0, 0.1) is 0 Å². The van der Waals surface area contributed by atoms with Gasteiger partial charge in [0.2, 0.25) is 0 Å². The van der Waals surface area contributed by atoms with Gasteiger partial charge < -0.3 is 10.6 Å². The lowest BCUT2D eigenvalue weighted by Gasteiger charge is -2.20. The van der Waals surface area contributed by atoms with Crippen LogP contribution in [0.1, 0.15) is 16.5 Å². The van der Waals surface area contributed by atoms with E-state index in [-0.39, 0.29) is 6.04 Å². The van der Waals surface area contributed by atoms with E-state index in [0.29, 0.717) is 0 Å². The summed E-state index contributed by atoms with van der Waals surface area (Å²) in [6, 6.07) is 12.6. The number of likely N-dealkylation sites (N-methyl/N-ethyl adjacent to an activating group) is 1. The van der Waals surface area contributed by atoms with E-state index in [9.17, 15) is 0 Å². The van der Waals surface area contributed by atoms with Crippen LogP contribution in [0.5, 0.6) is 0 Å².